The maximum absolute atomic E-state index is 10.1. The van der Waals surface area contributed by atoms with Crippen LogP contribution in [0.25, 0.3) is 0 Å². The Morgan fingerprint density at radius 3 is 2.15 bits per heavy atom. The highest BCUT2D eigenvalue weighted by atomic mass is 35.5. The Balaban J connectivity index is 0.000000361. The number of hydrogen-bond donors (Lipinski definition) is 4. The Labute approximate surface area is 124 Å². The second-order valence-electron chi connectivity index (χ2n) is 3.35. The zero-order valence-electron chi connectivity index (χ0n) is 9.95. The Morgan fingerprint density at radius 2 is 1.85 bits per heavy atom. The largest absolute Gasteiger partial charge is 0.480 e. The van der Waals surface area contributed by atoms with Crippen molar-refractivity contribution in [3.8, 4) is 6.07 Å². The van der Waals surface area contributed by atoms with Crippen molar-refractivity contribution < 1.29 is 24.3 Å². The fourth-order valence-electron chi connectivity index (χ4n) is 0.913. The second-order valence-corrected chi connectivity index (χ2v) is 5.81. The molecule has 20 heavy (non-hydrogen) atoms. The smallest absolute Gasteiger partial charge is 0.339 e. The number of aliphatic carboxylic acids is 1. The Bertz CT molecular complexity index is 535. The lowest BCUT2D eigenvalue weighted by Gasteiger charge is -2.02. The van der Waals surface area contributed by atoms with E-state index in [9.17, 15) is 9.36 Å². The van der Waals surface area contributed by atoms with Crippen LogP contribution in [0.5, 0.6) is 0 Å². The van der Waals surface area contributed by atoms with Crippen LogP contribution in [0, 0.1) is 11.3 Å². The number of benzene rings is 1. The van der Waals surface area contributed by atoms with Gasteiger partial charge in [-0.1, -0.05) is 29.3 Å². The van der Waals surface area contributed by atoms with Gasteiger partial charge in [-0.2, -0.15) is 5.26 Å². The summed E-state index contributed by atoms with van der Waals surface area (Å²) in [6, 6.07) is 6.86. The van der Waals surface area contributed by atoms with E-state index >= 15 is 0 Å². The lowest BCUT2D eigenvalue weighted by atomic mass is 10.2. The molecule has 0 aliphatic carbocycles. The highest BCUT2D eigenvalue weighted by Crippen LogP contribution is 2.31. The molecule has 0 amide bonds. The molecule has 4 N–H and O–H groups in total. The number of carbonyl (C=O) groups is 1. The molecule has 1 aromatic rings. The molecule has 0 aromatic heterocycles. The molecular weight excluding hydrogens is 330 g/mol. The van der Waals surface area contributed by atoms with E-state index in [1.54, 1.807) is 18.2 Å². The third-order valence-corrected chi connectivity index (χ3v) is 2.93. The summed E-state index contributed by atoms with van der Waals surface area (Å²) in [5.41, 5.74) is 0.339. The van der Waals surface area contributed by atoms with Gasteiger partial charge >= 0.3 is 13.6 Å². The van der Waals surface area contributed by atoms with E-state index in [-0.39, 0.29) is 0 Å². The van der Waals surface area contributed by atoms with Gasteiger partial charge in [0.25, 0.3) is 0 Å². The average molecular weight is 341 g/mol. The fourth-order valence-corrected chi connectivity index (χ4v) is 1.80. The van der Waals surface area contributed by atoms with Crippen LogP contribution >= 0.6 is 30.8 Å². The van der Waals surface area contributed by atoms with E-state index in [4.69, 9.17) is 43.4 Å². The van der Waals surface area contributed by atoms with Crippen LogP contribution in [0.15, 0.2) is 18.2 Å². The van der Waals surface area contributed by atoms with Gasteiger partial charge in [0.15, 0.2) is 0 Å². The molecule has 0 saturated heterocycles. The molecule has 0 fully saturated rings. The number of rotatable bonds is 4. The molecule has 0 radical (unpaired) electrons. The van der Waals surface area contributed by atoms with Crippen molar-refractivity contribution in [3.63, 3.8) is 0 Å². The van der Waals surface area contributed by atoms with E-state index in [1.165, 1.54) is 0 Å². The van der Waals surface area contributed by atoms with Gasteiger partial charge in [-0.3, -0.25) is 14.7 Å². The van der Waals surface area contributed by atoms with Gasteiger partial charge in [-0.15, -0.1) is 0 Å². The number of carboxylic acids is 1. The monoisotopic (exact) mass is 340 g/mol. The van der Waals surface area contributed by atoms with Gasteiger partial charge in [-0.05, 0) is 12.1 Å². The first-order valence-electron chi connectivity index (χ1n) is 4.98. The zero-order chi connectivity index (χ0) is 15.8. The third-order valence-electron chi connectivity index (χ3n) is 1.67. The Hall–Kier alpha value is -1.13. The molecule has 110 valence electrons. The molecule has 0 aliphatic heterocycles. The molecular formula is C10H11Cl2N2O5P. The van der Waals surface area contributed by atoms with Gasteiger partial charge in [0.1, 0.15) is 6.07 Å². The predicted molar refractivity (Wildman–Crippen MR) is 73.7 cm³/mol. The van der Waals surface area contributed by atoms with Crippen LogP contribution in [0.3, 0.4) is 0 Å². The normalized spacial score (nSPS) is 10.2. The van der Waals surface area contributed by atoms with Gasteiger partial charge in [0.2, 0.25) is 0 Å². The molecule has 0 heterocycles. The summed E-state index contributed by atoms with van der Waals surface area (Å²) in [7, 11) is -4.10. The third kappa shape index (κ3) is 8.88. The molecule has 0 bridgehead atoms. The highest BCUT2D eigenvalue weighted by molar-refractivity contribution is 7.51. The Morgan fingerprint density at radius 1 is 1.35 bits per heavy atom. The first-order valence-corrected chi connectivity index (χ1v) is 7.54. The molecule has 0 unspecified atom stereocenters. The minimum Gasteiger partial charge on any atom is -0.480 e. The van der Waals surface area contributed by atoms with Gasteiger partial charge in [-0.25, -0.2) is 0 Å². The lowest BCUT2D eigenvalue weighted by Crippen LogP contribution is -2.23. The highest BCUT2D eigenvalue weighted by Gasteiger charge is 2.11. The summed E-state index contributed by atoms with van der Waals surface area (Å²) >= 11 is 11.2. The van der Waals surface area contributed by atoms with Crippen molar-refractivity contribution >= 4 is 36.8 Å². The number of hydrogen-bond acceptors (Lipinski definition) is 4. The van der Waals surface area contributed by atoms with Crippen LogP contribution in [0.4, 0.5) is 0 Å². The van der Waals surface area contributed by atoms with Crippen molar-refractivity contribution in [2.75, 3.05) is 12.8 Å². The summed E-state index contributed by atoms with van der Waals surface area (Å²) in [6.45, 7) is -0.439. The van der Waals surface area contributed by atoms with Crippen molar-refractivity contribution in [2.24, 2.45) is 0 Å². The van der Waals surface area contributed by atoms with Gasteiger partial charge < -0.3 is 14.9 Å². The van der Waals surface area contributed by atoms with Crippen LogP contribution in [-0.2, 0) is 9.36 Å². The van der Waals surface area contributed by atoms with E-state index in [0.29, 0.717) is 15.6 Å². The van der Waals surface area contributed by atoms with Gasteiger partial charge in [0.05, 0.1) is 28.4 Å². The SMILES string of the molecule is N#Cc1c(Cl)cccc1Cl.O=C(O)CNCP(=O)(O)O. The van der Waals surface area contributed by atoms with E-state index in [1.807, 2.05) is 6.07 Å². The summed E-state index contributed by atoms with van der Waals surface area (Å²) in [5, 5.41) is 19.3. The topological polar surface area (TPSA) is 131 Å². The molecule has 1 aromatic carbocycles. The first kappa shape index (κ1) is 18.9. The van der Waals surface area contributed by atoms with Crippen LogP contribution in [0.1, 0.15) is 5.56 Å². The van der Waals surface area contributed by atoms with Crippen molar-refractivity contribution in [2.45, 2.75) is 0 Å². The fraction of sp³-hybridized carbons (Fsp3) is 0.200. The minimum absolute atomic E-state index is 0.339. The summed E-state index contributed by atoms with van der Waals surface area (Å²) in [5.74, 6) is -1.14. The molecule has 0 atom stereocenters. The number of carboxylic acid groups (broad SMARTS) is 1. The Kier molecular flexibility index (Phi) is 8.42. The maximum atomic E-state index is 10.1. The second kappa shape index (κ2) is 8.93. The zero-order valence-corrected chi connectivity index (χ0v) is 12.4. The minimum atomic E-state index is -4.10. The van der Waals surface area contributed by atoms with Crippen molar-refractivity contribution in [1.82, 2.24) is 5.32 Å². The number of halogens is 2. The summed E-state index contributed by atoms with van der Waals surface area (Å²) in [6.07, 6.45) is -0.598. The standard InChI is InChI=1S/C7H3Cl2N.C3H8NO5P/c8-6-2-1-3-7(9)5(6)4-10;5-3(6)1-4-2-10(7,8)9/h1-3H;4H,1-2H2,(H,5,6)(H2,7,8,9). The van der Waals surface area contributed by atoms with Crippen LogP contribution < -0.4 is 5.32 Å². The number of nitrogens with one attached hydrogen (secondary N) is 1. The summed E-state index contributed by atoms with van der Waals surface area (Å²) in [4.78, 5) is 26.1. The molecule has 7 nitrogen and oxygen atoms in total. The van der Waals surface area contributed by atoms with E-state index < -0.39 is 26.4 Å². The van der Waals surface area contributed by atoms with Crippen LogP contribution in [0.2, 0.25) is 10.0 Å². The summed E-state index contributed by atoms with van der Waals surface area (Å²) < 4.78 is 10.1. The van der Waals surface area contributed by atoms with E-state index in [2.05, 4.69) is 5.32 Å². The van der Waals surface area contributed by atoms with Crippen molar-refractivity contribution in [3.05, 3.63) is 33.8 Å². The average Bonchev–Trinajstić information content (AvgIpc) is 2.27. The predicted octanol–water partition coefficient (Wildman–Crippen LogP) is 1.66. The van der Waals surface area contributed by atoms with Gasteiger partial charge in [0, 0.05) is 0 Å². The lowest BCUT2D eigenvalue weighted by molar-refractivity contribution is -0.135. The molecule has 0 aliphatic rings. The van der Waals surface area contributed by atoms with E-state index in [0.717, 1.165) is 0 Å². The molecule has 0 spiro atoms. The first-order chi connectivity index (χ1) is 9.17. The van der Waals surface area contributed by atoms with Crippen molar-refractivity contribution in [1.29, 1.82) is 5.26 Å². The maximum Gasteiger partial charge on any atom is 0.339 e. The number of nitriles is 1. The number of nitrogens with zero attached hydrogens (tertiary/aromatic N) is 1. The molecule has 10 heteroatoms. The van der Waals surface area contributed by atoms with Crippen LogP contribution in [-0.4, -0.2) is 33.7 Å². The molecule has 1 rings (SSSR count). The molecule has 0 saturated carbocycles. The quantitative estimate of drug-likeness (QED) is 0.613.